The first-order valence-corrected chi connectivity index (χ1v) is 13.3. The molecule has 174 valence electrons. The number of anilines is 2. The summed E-state index contributed by atoms with van der Waals surface area (Å²) in [4.78, 5) is 7.76. The quantitative estimate of drug-likeness (QED) is 0.388. The highest BCUT2D eigenvalue weighted by atomic mass is 35.5. The van der Waals surface area contributed by atoms with E-state index in [0.29, 0.717) is 22.3 Å². The second-order valence-corrected chi connectivity index (χ2v) is 10.9. The summed E-state index contributed by atoms with van der Waals surface area (Å²) < 4.78 is 27.7. The van der Waals surface area contributed by atoms with Crippen LogP contribution >= 0.6 is 22.9 Å². The number of aromatic nitrogens is 1. The van der Waals surface area contributed by atoms with Gasteiger partial charge in [0.15, 0.2) is 5.13 Å². The van der Waals surface area contributed by atoms with Crippen molar-refractivity contribution in [1.82, 2.24) is 14.6 Å². The molecule has 1 aromatic heterocycles. The Hall–Kier alpha value is -2.43. The average Bonchev–Trinajstić information content (AvgIpc) is 3.47. The number of nitrogens with zero attached hydrogens (tertiary/aromatic N) is 2. The van der Waals surface area contributed by atoms with Gasteiger partial charge in [0.05, 0.1) is 4.90 Å². The van der Waals surface area contributed by atoms with E-state index in [4.69, 9.17) is 11.6 Å². The van der Waals surface area contributed by atoms with E-state index < -0.39 is 10.0 Å². The first kappa shape index (κ1) is 23.7. The number of hydrogen-bond donors (Lipinski definition) is 3. The fourth-order valence-electron chi connectivity index (χ4n) is 3.52. The molecule has 0 atom stereocenters. The van der Waals surface area contributed by atoms with Crippen LogP contribution in [0.1, 0.15) is 23.3 Å². The molecule has 0 spiro atoms. The number of rotatable bonds is 9. The van der Waals surface area contributed by atoms with Crippen molar-refractivity contribution in [2.24, 2.45) is 0 Å². The van der Waals surface area contributed by atoms with Crippen LogP contribution in [-0.4, -0.2) is 49.6 Å². The standard InChI is InChI=1S/C23H25ClN4O3S2/c24-22-10-6-19(29)15-17(22)3-7-20-16-25-23(32-20)27-18-4-8-21(9-5-18)33(30,31)26-11-14-28-12-1-2-13-28/h3-10,15-16,26,29H,1-2,11-14H2,(H,25,27). The summed E-state index contributed by atoms with van der Waals surface area (Å²) in [6.07, 6.45) is 7.78. The van der Waals surface area contributed by atoms with Gasteiger partial charge in [0, 0.05) is 34.9 Å². The van der Waals surface area contributed by atoms with Crippen LogP contribution in [0, 0.1) is 0 Å². The van der Waals surface area contributed by atoms with Crippen LogP contribution in [0.15, 0.2) is 53.6 Å². The number of nitrogens with one attached hydrogen (secondary N) is 2. The lowest BCUT2D eigenvalue weighted by Crippen LogP contribution is -2.33. The smallest absolute Gasteiger partial charge is 0.240 e. The lowest BCUT2D eigenvalue weighted by atomic mass is 10.2. The largest absolute Gasteiger partial charge is 0.508 e. The van der Waals surface area contributed by atoms with Crippen LogP contribution in [0.3, 0.4) is 0 Å². The number of benzene rings is 2. The molecule has 1 saturated heterocycles. The topological polar surface area (TPSA) is 94.6 Å². The van der Waals surface area contributed by atoms with Crippen molar-refractivity contribution in [3.63, 3.8) is 0 Å². The normalized spacial score (nSPS) is 14.8. The van der Waals surface area contributed by atoms with Gasteiger partial charge >= 0.3 is 0 Å². The van der Waals surface area contributed by atoms with E-state index in [1.165, 1.54) is 30.2 Å². The van der Waals surface area contributed by atoms with Gasteiger partial charge in [-0.05, 0) is 80.0 Å². The number of hydrogen-bond acceptors (Lipinski definition) is 7. The fourth-order valence-corrected chi connectivity index (χ4v) is 5.46. The van der Waals surface area contributed by atoms with Crippen molar-refractivity contribution in [3.8, 4) is 5.75 Å². The average molecular weight is 505 g/mol. The van der Waals surface area contributed by atoms with Crippen LogP contribution in [0.4, 0.5) is 10.8 Å². The summed E-state index contributed by atoms with van der Waals surface area (Å²) in [6.45, 7) is 3.22. The highest BCUT2D eigenvalue weighted by Crippen LogP contribution is 2.27. The van der Waals surface area contributed by atoms with E-state index in [1.54, 1.807) is 42.6 Å². The molecule has 4 rings (SSSR count). The minimum absolute atomic E-state index is 0.151. The summed E-state index contributed by atoms with van der Waals surface area (Å²) in [5.74, 6) is 0.151. The predicted octanol–water partition coefficient (Wildman–Crippen LogP) is 4.79. The Morgan fingerprint density at radius 3 is 2.64 bits per heavy atom. The molecule has 10 heteroatoms. The predicted molar refractivity (Wildman–Crippen MR) is 135 cm³/mol. The molecule has 1 fully saturated rings. The molecular weight excluding hydrogens is 480 g/mol. The van der Waals surface area contributed by atoms with E-state index in [9.17, 15) is 13.5 Å². The number of thiazole rings is 1. The minimum Gasteiger partial charge on any atom is -0.508 e. The molecule has 3 aromatic rings. The number of phenols is 1. The van der Waals surface area contributed by atoms with Crippen molar-refractivity contribution in [3.05, 3.63) is 64.1 Å². The maximum atomic E-state index is 12.5. The van der Waals surface area contributed by atoms with E-state index in [0.717, 1.165) is 30.2 Å². The molecule has 0 saturated carbocycles. The molecule has 2 aromatic carbocycles. The second kappa shape index (κ2) is 10.7. The molecule has 0 aliphatic carbocycles. The third-order valence-electron chi connectivity index (χ3n) is 5.26. The first-order chi connectivity index (χ1) is 15.9. The summed E-state index contributed by atoms with van der Waals surface area (Å²) >= 11 is 7.58. The number of phenolic OH excluding ortho intramolecular Hbond substituents is 1. The molecule has 0 amide bonds. The Bertz CT molecular complexity index is 1220. The Labute approximate surface area is 202 Å². The molecule has 0 bridgehead atoms. The van der Waals surface area contributed by atoms with Crippen LogP contribution in [0.5, 0.6) is 5.75 Å². The second-order valence-electron chi connectivity index (χ2n) is 7.70. The minimum atomic E-state index is -3.53. The highest BCUT2D eigenvalue weighted by molar-refractivity contribution is 7.89. The van der Waals surface area contributed by atoms with Crippen molar-refractivity contribution in [1.29, 1.82) is 0 Å². The fraction of sp³-hybridized carbons (Fsp3) is 0.261. The number of likely N-dealkylation sites (tertiary alicyclic amines) is 1. The zero-order valence-corrected chi connectivity index (χ0v) is 20.3. The summed E-state index contributed by atoms with van der Waals surface area (Å²) in [6, 6.07) is 11.4. The molecule has 1 aliphatic heterocycles. The van der Waals surface area contributed by atoms with Crippen molar-refractivity contribution in [2.75, 3.05) is 31.5 Å². The Morgan fingerprint density at radius 2 is 1.88 bits per heavy atom. The van der Waals surface area contributed by atoms with Gasteiger partial charge < -0.3 is 15.3 Å². The van der Waals surface area contributed by atoms with Crippen molar-refractivity contribution < 1.29 is 13.5 Å². The lowest BCUT2D eigenvalue weighted by Gasteiger charge is -2.15. The van der Waals surface area contributed by atoms with E-state index in [-0.39, 0.29) is 10.6 Å². The Morgan fingerprint density at radius 1 is 1.12 bits per heavy atom. The van der Waals surface area contributed by atoms with Gasteiger partial charge in [0.1, 0.15) is 5.75 Å². The molecule has 0 radical (unpaired) electrons. The third kappa shape index (κ3) is 6.55. The van der Waals surface area contributed by atoms with Gasteiger partial charge in [-0.15, -0.1) is 0 Å². The highest BCUT2D eigenvalue weighted by Gasteiger charge is 2.16. The van der Waals surface area contributed by atoms with Crippen LogP contribution in [0.2, 0.25) is 5.02 Å². The summed E-state index contributed by atoms with van der Waals surface area (Å²) in [5, 5.41) is 14.0. The van der Waals surface area contributed by atoms with Gasteiger partial charge in [-0.1, -0.05) is 29.0 Å². The zero-order chi connectivity index (χ0) is 23.3. The lowest BCUT2D eigenvalue weighted by molar-refractivity contribution is 0.344. The molecule has 7 nitrogen and oxygen atoms in total. The molecule has 33 heavy (non-hydrogen) atoms. The number of halogens is 1. The molecule has 0 unspecified atom stereocenters. The van der Waals surface area contributed by atoms with Gasteiger partial charge in [-0.25, -0.2) is 18.1 Å². The van der Waals surface area contributed by atoms with E-state index in [2.05, 4.69) is 19.9 Å². The maximum absolute atomic E-state index is 12.5. The molecular formula is C23H25ClN4O3S2. The van der Waals surface area contributed by atoms with Crippen LogP contribution in [0.25, 0.3) is 12.2 Å². The molecule has 1 aliphatic rings. The molecule has 3 N–H and O–H groups in total. The Balaban J connectivity index is 1.33. The zero-order valence-electron chi connectivity index (χ0n) is 17.9. The Kier molecular flexibility index (Phi) is 7.67. The number of sulfonamides is 1. The monoisotopic (exact) mass is 504 g/mol. The van der Waals surface area contributed by atoms with Gasteiger partial charge in [-0.3, -0.25) is 0 Å². The third-order valence-corrected chi connectivity index (χ3v) is 7.96. The summed E-state index contributed by atoms with van der Waals surface area (Å²) in [5.41, 5.74) is 1.46. The van der Waals surface area contributed by atoms with Crippen molar-refractivity contribution >= 4 is 55.9 Å². The maximum Gasteiger partial charge on any atom is 0.240 e. The first-order valence-electron chi connectivity index (χ1n) is 10.6. The van der Waals surface area contributed by atoms with Crippen molar-refractivity contribution in [2.45, 2.75) is 17.7 Å². The SMILES string of the molecule is O=S(=O)(NCCN1CCCC1)c1ccc(Nc2ncc(C=Cc3cc(O)ccc3Cl)s2)cc1. The van der Waals surface area contributed by atoms with Gasteiger partial charge in [-0.2, -0.15) is 0 Å². The molecule has 2 heterocycles. The van der Waals surface area contributed by atoms with Gasteiger partial charge in [0.2, 0.25) is 10.0 Å². The number of aromatic hydroxyl groups is 1. The van der Waals surface area contributed by atoms with Gasteiger partial charge in [0.25, 0.3) is 0 Å². The van der Waals surface area contributed by atoms with E-state index >= 15 is 0 Å². The van der Waals surface area contributed by atoms with Crippen LogP contribution in [-0.2, 0) is 10.0 Å². The van der Waals surface area contributed by atoms with Crippen LogP contribution < -0.4 is 10.0 Å². The van der Waals surface area contributed by atoms with E-state index in [1.807, 2.05) is 12.2 Å². The summed E-state index contributed by atoms with van der Waals surface area (Å²) in [7, 11) is -3.53.